The molecule has 0 saturated carbocycles. The number of anilines is 1. The summed E-state index contributed by atoms with van der Waals surface area (Å²) in [5, 5.41) is 19.5. The first kappa shape index (κ1) is 28.2. The van der Waals surface area contributed by atoms with Gasteiger partial charge < -0.3 is 30.0 Å². The fourth-order valence-corrected chi connectivity index (χ4v) is 4.95. The normalized spacial score (nSPS) is 14.5. The fourth-order valence-electron chi connectivity index (χ4n) is 4.95. The zero-order valence-corrected chi connectivity index (χ0v) is 23.3. The van der Waals surface area contributed by atoms with Gasteiger partial charge in [0.05, 0.1) is 44.8 Å². The summed E-state index contributed by atoms with van der Waals surface area (Å²) in [5.74, 6) is 0.962. The molecule has 2 N–H and O–H groups in total. The molecule has 4 aromatic rings. The quantitative estimate of drug-likeness (QED) is 0.225. The topological polar surface area (TPSA) is 130 Å². The molecule has 0 aliphatic carbocycles. The maximum atomic E-state index is 13.0. The lowest BCUT2D eigenvalue weighted by molar-refractivity contribution is -0.887. The van der Waals surface area contributed by atoms with Gasteiger partial charge in [0.25, 0.3) is 11.5 Å². The van der Waals surface area contributed by atoms with E-state index in [2.05, 4.69) is 20.6 Å². The van der Waals surface area contributed by atoms with Crippen molar-refractivity contribution in [3.8, 4) is 11.4 Å². The van der Waals surface area contributed by atoms with Gasteiger partial charge >= 0.3 is 0 Å². The number of quaternary nitrogens is 1. The number of carbonyl (C=O) groups excluding carboxylic acids is 1. The van der Waals surface area contributed by atoms with Crippen molar-refractivity contribution >= 4 is 22.9 Å². The summed E-state index contributed by atoms with van der Waals surface area (Å²) in [6, 6.07) is 17.8. The Kier molecular flexibility index (Phi) is 8.58. The van der Waals surface area contributed by atoms with E-state index in [1.807, 2.05) is 31.2 Å². The average molecular weight is 559 g/mol. The van der Waals surface area contributed by atoms with Gasteiger partial charge in [0.2, 0.25) is 5.95 Å². The second-order valence-corrected chi connectivity index (χ2v) is 10.0. The Morgan fingerprint density at radius 1 is 1.05 bits per heavy atom. The lowest BCUT2D eigenvalue weighted by Gasteiger charge is -2.45. The van der Waals surface area contributed by atoms with E-state index in [-0.39, 0.29) is 22.7 Å². The molecule has 1 aliphatic heterocycles. The van der Waals surface area contributed by atoms with Crippen LogP contribution in [-0.4, -0.2) is 78.1 Å². The number of fused-ring (bicyclic) bond motifs is 1. The number of aromatic nitrogens is 3. The third-order valence-electron chi connectivity index (χ3n) is 7.29. The van der Waals surface area contributed by atoms with Crippen LogP contribution in [0.15, 0.2) is 65.5 Å². The average Bonchev–Trinajstić information content (AvgIpc) is 2.97. The second-order valence-electron chi connectivity index (χ2n) is 10.0. The number of ether oxygens (including phenoxy) is 2. The van der Waals surface area contributed by atoms with Crippen molar-refractivity contribution in [1.29, 1.82) is 0 Å². The van der Waals surface area contributed by atoms with Crippen LogP contribution >= 0.6 is 0 Å². The van der Waals surface area contributed by atoms with Crippen LogP contribution in [0.3, 0.4) is 0 Å². The van der Waals surface area contributed by atoms with Gasteiger partial charge in [0.15, 0.2) is 5.65 Å². The first-order valence-corrected chi connectivity index (χ1v) is 13.7. The molecule has 0 spiro atoms. The molecule has 0 radical (unpaired) electrons. The van der Waals surface area contributed by atoms with Crippen molar-refractivity contribution in [1.82, 2.24) is 19.9 Å². The third kappa shape index (κ3) is 6.54. The van der Waals surface area contributed by atoms with Gasteiger partial charge in [-0.3, -0.25) is 14.2 Å². The fraction of sp³-hybridized carbons (Fsp3) is 0.333. The van der Waals surface area contributed by atoms with Crippen LogP contribution in [0.25, 0.3) is 16.7 Å². The van der Waals surface area contributed by atoms with Crippen molar-refractivity contribution in [2.75, 3.05) is 58.4 Å². The predicted molar refractivity (Wildman–Crippen MR) is 156 cm³/mol. The summed E-state index contributed by atoms with van der Waals surface area (Å²) in [6.07, 6.45) is 0.707. The standard InChI is InChI=1S/C30H34N6O5/c1-21-25-11-12-27(37)35(28(25)34-30(33-21)32-14-13-22-5-3-4-6-26(22)40-2)24-9-7-23(8-10-24)29(38)31-15-16-36(39)17-19-41-20-18-36/h3-12H,13-20H2,1-2H3,(H,31,38)(H,32,33,34). The number of pyridine rings is 1. The lowest BCUT2D eigenvalue weighted by atomic mass is 10.1. The monoisotopic (exact) mass is 558 g/mol. The Labute approximate surface area is 237 Å². The van der Waals surface area contributed by atoms with Crippen LogP contribution < -0.4 is 20.9 Å². The number of aryl methyl sites for hydroxylation is 1. The van der Waals surface area contributed by atoms with Crippen molar-refractivity contribution in [2.45, 2.75) is 13.3 Å². The molecular weight excluding hydrogens is 524 g/mol. The van der Waals surface area contributed by atoms with Gasteiger partial charge in [-0.2, -0.15) is 4.98 Å². The van der Waals surface area contributed by atoms with E-state index in [9.17, 15) is 14.8 Å². The summed E-state index contributed by atoms with van der Waals surface area (Å²) in [7, 11) is 1.65. The molecule has 1 fully saturated rings. The van der Waals surface area contributed by atoms with Crippen LogP contribution in [0.2, 0.25) is 0 Å². The molecule has 0 unspecified atom stereocenters. The number of hydrogen-bond acceptors (Lipinski definition) is 8. The van der Waals surface area contributed by atoms with Crippen molar-refractivity contribution < 1.29 is 18.9 Å². The van der Waals surface area contributed by atoms with Gasteiger partial charge in [-0.1, -0.05) is 18.2 Å². The minimum Gasteiger partial charge on any atom is -0.633 e. The number of benzene rings is 2. The Bertz CT molecular complexity index is 1580. The molecule has 41 heavy (non-hydrogen) atoms. The highest BCUT2D eigenvalue weighted by atomic mass is 16.6. The lowest BCUT2D eigenvalue weighted by Crippen LogP contribution is -2.53. The molecule has 0 bridgehead atoms. The number of nitrogens with zero attached hydrogens (tertiary/aromatic N) is 4. The number of morpholine rings is 1. The van der Waals surface area contributed by atoms with Crippen molar-refractivity contribution in [2.24, 2.45) is 0 Å². The van der Waals surface area contributed by atoms with Gasteiger partial charge in [-0.05, 0) is 55.3 Å². The molecule has 214 valence electrons. The van der Waals surface area contributed by atoms with E-state index >= 15 is 0 Å². The molecule has 1 saturated heterocycles. The number of hydrogen-bond donors (Lipinski definition) is 2. The number of para-hydroxylation sites is 1. The maximum absolute atomic E-state index is 13.0. The molecule has 3 heterocycles. The molecule has 5 rings (SSSR count). The molecule has 0 atom stereocenters. The number of methoxy groups -OCH3 is 1. The van der Waals surface area contributed by atoms with Crippen LogP contribution in [0.4, 0.5) is 5.95 Å². The summed E-state index contributed by atoms with van der Waals surface area (Å²) >= 11 is 0. The van der Waals surface area contributed by atoms with Gasteiger partial charge in [-0.25, -0.2) is 4.98 Å². The molecule has 2 aromatic heterocycles. The highest BCUT2D eigenvalue weighted by Crippen LogP contribution is 2.21. The zero-order chi connectivity index (χ0) is 28.8. The molecule has 11 heteroatoms. The Morgan fingerprint density at radius 2 is 1.80 bits per heavy atom. The maximum Gasteiger partial charge on any atom is 0.256 e. The number of amides is 1. The molecular formula is C30H34N6O5. The van der Waals surface area contributed by atoms with E-state index in [0.29, 0.717) is 68.7 Å². The van der Waals surface area contributed by atoms with Crippen LogP contribution in [0, 0.1) is 12.1 Å². The first-order valence-electron chi connectivity index (χ1n) is 13.7. The summed E-state index contributed by atoms with van der Waals surface area (Å²) in [6.45, 7) is 4.70. The van der Waals surface area contributed by atoms with E-state index in [1.165, 1.54) is 10.6 Å². The van der Waals surface area contributed by atoms with E-state index in [1.54, 1.807) is 37.4 Å². The number of rotatable bonds is 10. The summed E-state index contributed by atoms with van der Waals surface area (Å²) < 4.78 is 11.8. The predicted octanol–water partition coefficient (Wildman–Crippen LogP) is 2.83. The van der Waals surface area contributed by atoms with Crippen molar-refractivity contribution in [3.63, 3.8) is 0 Å². The number of carbonyl (C=O) groups is 1. The zero-order valence-electron chi connectivity index (χ0n) is 23.3. The first-order chi connectivity index (χ1) is 19.9. The van der Waals surface area contributed by atoms with Crippen LogP contribution in [0.5, 0.6) is 5.75 Å². The van der Waals surface area contributed by atoms with Crippen molar-refractivity contribution in [3.05, 3.63) is 93.0 Å². The SMILES string of the molecule is COc1ccccc1CCNc1nc(C)c2ccc(=O)n(-c3ccc(C(=O)NCC[N+]4([O-])CCOCC4)cc3)c2n1. The van der Waals surface area contributed by atoms with Gasteiger partial charge in [0, 0.05) is 23.6 Å². The van der Waals surface area contributed by atoms with E-state index in [0.717, 1.165) is 22.4 Å². The Hall–Kier alpha value is -4.32. The molecule has 11 nitrogen and oxygen atoms in total. The smallest absolute Gasteiger partial charge is 0.256 e. The third-order valence-corrected chi connectivity index (χ3v) is 7.29. The van der Waals surface area contributed by atoms with Crippen LogP contribution in [0.1, 0.15) is 21.6 Å². The van der Waals surface area contributed by atoms with Gasteiger partial charge in [-0.15, -0.1) is 0 Å². The molecule has 2 aromatic carbocycles. The second kappa shape index (κ2) is 12.5. The summed E-state index contributed by atoms with van der Waals surface area (Å²) in [4.78, 5) is 35.0. The molecule has 1 amide bonds. The minimum atomic E-state index is -0.359. The number of hydroxylamine groups is 3. The highest BCUT2D eigenvalue weighted by Gasteiger charge is 2.21. The van der Waals surface area contributed by atoms with E-state index in [4.69, 9.17) is 9.47 Å². The Morgan fingerprint density at radius 3 is 2.56 bits per heavy atom. The Balaban J connectivity index is 1.31. The van der Waals surface area contributed by atoms with E-state index < -0.39 is 0 Å². The highest BCUT2D eigenvalue weighted by molar-refractivity contribution is 5.94. The summed E-state index contributed by atoms with van der Waals surface area (Å²) in [5.41, 5.74) is 3.04. The minimum absolute atomic E-state index is 0.247. The molecule has 1 aliphatic rings. The van der Waals surface area contributed by atoms with Crippen LogP contribution in [-0.2, 0) is 11.2 Å². The van der Waals surface area contributed by atoms with Gasteiger partial charge in [0.1, 0.15) is 18.8 Å². The largest absolute Gasteiger partial charge is 0.633 e. The number of nitrogens with one attached hydrogen (secondary N) is 2.